The Morgan fingerprint density at radius 1 is 0.767 bits per heavy atom. The summed E-state index contributed by atoms with van der Waals surface area (Å²) in [5, 5.41) is 1.23. The normalized spacial score (nSPS) is 13.9. The third kappa shape index (κ3) is 2.32. The largest absolute Gasteiger partial charge is 0.301 e. The minimum atomic E-state index is -0.0124. The molecule has 0 saturated carbocycles. The molecule has 3 nitrogen and oxygen atoms in total. The van der Waals surface area contributed by atoms with Crippen molar-refractivity contribution in [2.24, 2.45) is 0 Å². The van der Waals surface area contributed by atoms with Crippen LogP contribution in [0.25, 0.3) is 39.1 Å². The molecule has 0 spiro atoms. The number of rotatable bonds is 2. The molecule has 2 aromatic carbocycles. The van der Waals surface area contributed by atoms with Crippen LogP contribution in [0.1, 0.15) is 25.0 Å². The van der Waals surface area contributed by atoms with Gasteiger partial charge in [0.05, 0.1) is 11.2 Å². The quantitative estimate of drug-likeness (QED) is 0.351. The van der Waals surface area contributed by atoms with Crippen LogP contribution in [0.15, 0.2) is 91.4 Å². The summed E-state index contributed by atoms with van der Waals surface area (Å²) in [6, 6.07) is 25.7. The van der Waals surface area contributed by atoms with Crippen LogP contribution in [0.4, 0.5) is 0 Å². The van der Waals surface area contributed by atoms with E-state index < -0.39 is 0 Å². The third-order valence-electron chi connectivity index (χ3n) is 6.35. The zero-order chi connectivity index (χ0) is 20.3. The summed E-state index contributed by atoms with van der Waals surface area (Å²) in [6.07, 6.45) is 5.75. The molecule has 0 atom stereocenters. The zero-order valence-corrected chi connectivity index (χ0v) is 17.0. The first-order chi connectivity index (χ1) is 14.6. The highest BCUT2D eigenvalue weighted by Gasteiger charge is 2.36. The second-order valence-electron chi connectivity index (χ2n) is 8.40. The molecule has 0 saturated heterocycles. The molecule has 30 heavy (non-hydrogen) atoms. The molecule has 6 rings (SSSR count). The summed E-state index contributed by atoms with van der Waals surface area (Å²) in [5.74, 6) is 0.926. The lowest BCUT2D eigenvalue weighted by Gasteiger charge is -2.21. The molecule has 0 unspecified atom stereocenters. The summed E-state index contributed by atoms with van der Waals surface area (Å²) in [6.45, 7) is 4.64. The first-order valence-electron chi connectivity index (χ1n) is 10.3. The van der Waals surface area contributed by atoms with Crippen molar-refractivity contribution < 1.29 is 0 Å². The Morgan fingerprint density at radius 2 is 1.60 bits per heavy atom. The van der Waals surface area contributed by atoms with Crippen molar-refractivity contribution in [3.8, 4) is 28.2 Å². The Kier molecular flexibility index (Phi) is 3.51. The van der Waals surface area contributed by atoms with Crippen LogP contribution in [0, 0.1) is 0 Å². The van der Waals surface area contributed by atoms with E-state index >= 15 is 0 Å². The molecule has 0 fully saturated rings. The SMILES string of the molecule is CC1(C)c2ccccc2-c2c1ccc1ccn(-c3cccc(-c4ccncc4)n3)c21. The van der Waals surface area contributed by atoms with Crippen molar-refractivity contribution in [2.75, 3.05) is 0 Å². The van der Waals surface area contributed by atoms with Gasteiger partial charge in [-0.15, -0.1) is 0 Å². The van der Waals surface area contributed by atoms with E-state index in [9.17, 15) is 0 Å². The number of hydrogen-bond donors (Lipinski definition) is 0. The Balaban J connectivity index is 1.63. The van der Waals surface area contributed by atoms with Gasteiger partial charge < -0.3 is 4.57 Å². The Morgan fingerprint density at radius 3 is 2.47 bits per heavy atom. The summed E-state index contributed by atoms with van der Waals surface area (Å²) < 4.78 is 2.23. The van der Waals surface area contributed by atoms with Crippen LogP contribution < -0.4 is 0 Å². The van der Waals surface area contributed by atoms with Gasteiger partial charge in [0.2, 0.25) is 0 Å². The number of fused-ring (bicyclic) bond motifs is 5. The fourth-order valence-corrected chi connectivity index (χ4v) is 4.85. The van der Waals surface area contributed by atoms with Crippen molar-refractivity contribution >= 4 is 10.9 Å². The summed E-state index contributed by atoms with van der Waals surface area (Å²) >= 11 is 0. The molecule has 144 valence electrons. The fourth-order valence-electron chi connectivity index (χ4n) is 4.85. The number of pyridine rings is 2. The predicted octanol–water partition coefficient (Wildman–Crippen LogP) is 6.39. The molecule has 1 aliphatic rings. The van der Waals surface area contributed by atoms with E-state index in [4.69, 9.17) is 4.98 Å². The van der Waals surface area contributed by atoms with Gasteiger partial charge >= 0.3 is 0 Å². The molecule has 3 heterocycles. The Hall–Kier alpha value is -3.72. The van der Waals surface area contributed by atoms with Crippen molar-refractivity contribution in [3.63, 3.8) is 0 Å². The first-order valence-corrected chi connectivity index (χ1v) is 10.3. The van der Waals surface area contributed by atoms with Crippen molar-refractivity contribution in [1.82, 2.24) is 14.5 Å². The molecule has 5 aromatic rings. The van der Waals surface area contributed by atoms with E-state index in [2.05, 4.69) is 84.2 Å². The first kappa shape index (κ1) is 17.2. The average Bonchev–Trinajstić information content (AvgIpc) is 3.32. The lowest BCUT2D eigenvalue weighted by molar-refractivity contribution is 0.661. The van der Waals surface area contributed by atoms with E-state index in [0.717, 1.165) is 17.1 Å². The highest BCUT2D eigenvalue weighted by molar-refractivity contribution is 6.01. The summed E-state index contributed by atoms with van der Waals surface area (Å²) in [7, 11) is 0. The van der Waals surface area contributed by atoms with Crippen LogP contribution in [0.3, 0.4) is 0 Å². The second kappa shape index (κ2) is 6.14. The average molecular weight is 387 g/mol. The molecule has 0 radical (unpaired) electrons. The van der Waals surface area contributed by atoms with Crippen LogP contribution in [-0.4, -0.2) is 14.5 Å². The summed E-state index contributed by atoms with van der Waals surface area (Å²) in [4.78, 5) is 9.11. The van der Waals surface area contributed by atoms with Gasteiger partial charge in [-0.25, -0.2) is 4.98 Å². The second-order valence-corrected chi connectivity index (χ2v) is 8.40. The van der Waals surface area contributed by atoms with E-state index in [-0.39, 0.29) is 5.41 Å². The molecule has 3 aromatic heterocycles. The highest BCUT2D eigenvalue weighted by Crippen LogP contribution is 2.51. The Bertz CT molecular complexity index is 1410. The molecule has 3 heteroatoms. The molecule has 0 aliphatic heterocycles. The highest BCUT2D eigenvalue weighted by atomic mass is 15.1. The molecule has 0 N–H and O–H groups in total. The van der Waals surface area contributed by atoms with E-state index in [1.54, 1.807) is 12.4 Å². The Labute approximate surface area is 175 Å². The van der Waals surface area contributed by atoms with Crippen molar-refractivity contribution in [1.29, 1.82) is 0 Å². The van der Waals surface area contributed by atoms with Crippen LogP contribution in [0.5, 0.6) is 0 Å². The minimum Gasteiger partial charge on any atom is -0.301 e. The minimum absolute atomic E-state index is 0.0124. The van der Waals surface area contributed by atoms with E-state index in [1.807, 2.05) is 18.2 Å². The van der Waals surface area contributed by atoms with Gasteiger partial charge in [0, 0.05) is 40.5 Å². The van der Waals surface area contributed by atoms with Gasteiger partial charge in [0.25, 0.3) is 0 Å². The van der Waals surface area contributed by atoms with Crippen LogP contribution in [-0.2, 0) is 5.41 Å². The summed E-state index contributed by atoms with van der Waals surface area (Å²) in [5.41, 5.74) is 8.65. The lowest BCUT2D eigenvalue weighted by Crippen LogP contribution is -2.14. The molecular formula is C27H21N3. The topological polar surface area (TPSA) is 30.7 Å². The zero-order valence-electron chi connectivity index (χ0n) is 17.0. The van der Waals surface area contributed by atoms with Crippen molar-refractivity contribution in [3.05, 3.63) is 103 Å². The van der Waals surface area contributed by atoms with Gasteiger partial charge in [-0.3, -0.25) is 4.98 Å². The monoisotopic (exact) mass is 387 g/mol. The lowest BCUT2D eigenvalue weighted by atomic mass is 9.82. The maximum Gasteiger partial charge on any atom is 0.137 e. The third-order valence-corrected chi connectivity index (χ3v) is 6.35. The molecule has 0 amide bonds. The van der Waals surface area contributed by atoms with E-state index in [0.29, 0.717) is 0 Å². The number of benzene rings is 2. The number of aromatic nitrogens is 3. The van der Waals surface area contributed by atoms with Gasteiger partial charge in [-0.05, 0) is 47.0 Å². The van der Waals surface area contributed by atoms with Gasteiger partial charge in [-0.2, -0.15) is 0 Å². The number of hydrogen-bond acceptors (Lipinski definition) is 2. The molecule has 1 aliphatic carbocycles. The standard InChI is InChI=1S/C27H21N3/c1-27(2)21-7-4-3-6-20(21)25-22(27)11-10-19-14-17-30(26(19)25)24-9-5-8-23(29-24)18-12-15-28-16-13-18/h3-17H,1-2H3. The van der Waals surface area contributed by atoms with Gasteiger partial charge in [0.15, 0.2) is 0 Å². The van der Waals surface area contributed by atoms with Crippen LogP contribution in [0.2, 0.25) is 0 Å². The van der Waals surface area contributed by atoms with Crippen LogP contribution >= 0.6 is 0 Å². The van der Waals surface area contributed by atoms with Gasteiger partial charge in [-0.1, -0.05) is 56.3 Å². The maximum atomic E-state index is 4.99. The van der Waals surface area contributed by atoms with Gasteiger partial charge in [0.1, 0.15) is 5.82 Å². The molecule has 0 bridgehead atoms. The molecular weight excluding hydrogens is 366 g/mol. The smallest absolute Gasteiger partial charge is 0.137 e. The predicted molar refractivity (Wildman–Crippen MR) is 122 cm³/mol. The maximum absolute atomic E-state index is 4.99. The number of nitrogens with zero attached hydrogens (tertiary/aromatic N) is 3. The fraction of sp³-hybridized carbons (Fsp3) is 0.111. The van der Waals surface area contributed by atoms with E-state index in [1.165, 1.54) is 33.2 Å². The van der Waals surface area contributed by atoms with Crippen molar-refractivity contribution in [2.45, 2.75) is 19.3 Å².